The van der Waals surface area contributed by atoms with E-state index >= 15 is 0 Å². The average molecular weight is 169 g/mol. The lowest BCUT2D eigenvalue weighted by atomic mass is 10.3. The normalized spacial score (nSPS) is 21.7. The second-order valence-corrected chi connectivity index (χ2v) is 4.37. The van der Waals surface area contributed by atoms with Gasteiger partial charge in [-0.05, 0) is 13.0 Å². The maximum absolute atomic E-state index is 8.38. The minimum Gasteiger partial charge on any atom is -0.320 e. The molecule has 0 bridgehead atoms. The first-order chi connectivity index (χ1) is 5.33. The van der Waals surface area contributed by atoms with E-state index in [1.807, 2.05) is 0 Å². The molecule has 0 spiro atoms. The van der Waals surface area contributed by atoms with E-state index < -0.39 is 0 Å². The van der Waals surface area contributed by atoms with Gasteiger partial charge in [-0.25, -0.2) is 0 Å². The Kier molecular flexibility index (Phi) is 3.56. The number of nitrogens with zero attached hydrogens (tertiary/aromatic N) is 3. The van der Waals surface area contributed by atoms with E-state index in [-0.39, 0.29) is 0 Å². The van der Waals surface area contributed by atoms with Crippen LogP contribution in [-0.4, -0.2) is 46.2 Å². The van der Waals surface area contributed by atoms with Crippen molar-refractivity contribution in [1.82, 2.24) is 9.47 Å². The summed E-state index contributed by atoms with van der Waals surface area (Å²) in [6.07, 6.45) is 1.95. The van der Waals surface area contributed by atoms with Crippen molar-refractivity contribution in [2.75, 3.05) is 26.3 Å². The van der Waals surface area contributed by atoms with Crippen molar-refractivity contribution in [2.24, 2.45) is 0 Å². The summed E-state index contributed by atoms with van der Waals surface area (Å²) in [5.74, 6) is 0. The van der Waals surface area contributed by atoms with Gasteiger partial charge < -0.3 is 4.57 Å². The molecule has 3 nitrogen and oxygen atoms in total. The van der Waals surface area contributed by atoms with Crippen molar-refractivity contribution in [3.63, 3.8) is 0 Å². The molecule has 11 heavy (non-hydrogen) atoms. The van der Waals surface area contributed by atoms with Gasteiger partial charge in [0, 0.05) is 26.2 Å². The third-order valence-electron chi connectivity index (χ3n) is 2.00. The molecule has 1 heterocycles. The maximum Gasteiger partial charge on any atom is 0.0800 e. The fraction of sp³-hybridized carbons (Fsp3) is 0.857. The van der Waals surface area contributed by atoms with Crippen LogP contribution in [0.3, 0.4) is 0 Å². The van der Waals surface area contributed by atoms with Gasteiger partial charge in [-0.1, -0.05) is 0 Å². The monoisotopic (exact) mass is 169 g/mol. The minimum atomic E-state index is 0.676. The summed E-state index contributed by atoms with van der Waals surface area (Å²) >= 11 is 0. The number of hydrogen-bond donors (Lipinski definition) is 0. The smallest absolute Gasteiger partial charge is 0.0800 e. The van der Waals surface area contributed by atoms with E-state index in [4.69, 9.17) is 5.26 Å². The molecule has 0 aromatic carbocycles. The van der Waals surface area contributed by atoms with Gasteiger partial charge in [-0.2, -0.15) is 5.26 Å². The molecule has 0 N–H and O–H groups in total. The summed E-state index contributed by atoms with van der Waals surface area (Å²) in [5.41, 5.74) is 0. The molecule has 0 aromatic rings. The molecule has 1 aliphatic heterocycles. The second-order valence-electron chi connectivity index (χ2n) is 3.10. The molecular weight excluding hydrogens is 154 g/mol. The summed E-state index contributed by atoms with van der Waals surface area (Å²) in [6, 6.07) is 2.18. The van der Waals surface area contributed by atoms with E-state index in [0.717, 1.165) is 23.6 Å². The van der Waals surface area contributed by atoms with Crippen molar-refractivity contribution in [3.8, 4) is 6.07 Å². The predicted molar refractivity (Wildman–Crippen MR) is 47.9 cm³/mol. The molecule has 62 valence electrons. The molecule has 1 fully saturated rings. The molecule has 0 unspecified atom stereocenters. The Bertz CT molecular complexity index is 154. The highest BCUT2D eigenvalue weighted by molar-refractivity contribution is 6.04. The van der Waals surface area contributed by atoms with E-state index in [1.165, 1.54) is 19.5 Å². The number of nitriles is 1. The van der Waals surface area contributed by atoms with Gasteiger partial charge in [-0.15, -0.1) is 0 Å². The van der Waals surface area contributed by atoms with E-state index in [2.05, 4.69) is 15.5 Å². The Labute approximate surface area is 71.1 Å². The third-order valence-corrected chi connectivity index (χ3v) is 2.73. The first-order valence-corrected chi connectivity index (χ1v) is 5.00. The maximum atomic E-state index is 8.38. The molecule has 0 aromatic heterocycles. The summed E-state index contributed by atoms with van der Waals surface area (Å²) in [5, 5.41) is 8.38. The molecule has 1 saturated heterocycles. The topological polar surface area (TPSA) is 30.3 Å². The van der Waals surface area contributed by atoms with Gasteiger partial charge in [0.05, 0.1) is 16.5 Å². The van der Waals surface area contributed by atoms with Crippen LogP contribution in [0.4, 0.5) is 0 Å². The van der Waals surface area contributed by atoms with Crippen molar-refractivity contribution < 1.29 is 0 Å². The van der Waals surface area contributed by atoms with Crippen LogP contribution in [0.15, 0.2) is 0 Å². The van der Waals surface area contributed by atoms with Gasteiger partial charge in [0.15, 0.2) is 0 Å². The third kappa shape index (κ3) is 3.02. The number of hydrogen-bond acceptors (Lipinski definition) is 3. The summed E-state index contributed by atoms with van der Waals surface area (Å²) in [6.45, 7) is 4.48. The van der Waals surface area contributed by atoms with Crippen LogP contribution in [0, 0.1) is 11.3 Å². The van der Waals surface area contributed by atoms with Gasteiger partial charge in [0.25, 0.3) is 0 Å². The second kappa shape index (κ2) is 4.49. The first kappa shape index (κ1) is 8.72. The van der Waals surface area contributed by atoms with Gasteiger partial charge in [-0.3, -0.25) is 4.90 Å². The van der Waals surface area contributed by atoms with Crippen molar-refractivity contribution in [3.05, 3.63) is 0 Å². The number of rotatable bonds is 2. The standard InChI is InChI=1S/C7H15N3Si/c8-3-1-4-9-5-2-6-10(11)7-9/h1-2,4-7H2,11H3. The van der Waals surface area contributed by atoms with Gasteiger partial charge >= 0.3 is 0 Å². The van der Waals surface area contributed by atoms with Crippen LogP contribution in [0.1, 0.15) is 12.8 Å². The minimum absolute atomic E-state index is 0.676. The summed E-state index contributed by atoms with van der Waals surface area (Å²) < 4.78 is 2.43. The lowest BCUT2D eigenvalue weighted by Crippen LogP contribution is -2.43. The highest BCUT2D eigenvalue weighted by Crippen LogP contribution is 2.02. The Balaban J connectivity index is 2.18. The molecule has 1 rings (SSSR count). The Morgan fingerprint density at radius 1 is 1.45 bits per heavy atom. The summed E-state index contributed by atoms with van der Waals surface area (Å²) in [7, 11) is 1.16. The molecule has 0 atom stereocenters. The van der Waals surface area contributed by atoms with Gasteiger partial charge in [0.2, 0.25) is 0 Å². The largest absolute Gasteiger partial charge is 0.320 e. The molecule has 1 aliphatic rings. The van der Waals surface area contributed by atoms with Crippen molar-refractivity contribution >= 4 is 10.4 Å². The fourth-order valence-electron chi connectivity index (χ4n) is 1.44. The van der Waals surface area contributed by atoms with Crippen LogP contribution in [0.2, 0.25) is 0 Å². The quantitative estimate of drug-likeness (QED) is 0.504. The molecule has 4 heteroatoms. The van der Waals surface area contributed by atoms with Crippen LogP contribution in [-0.2, 0) is 0 Å². The molecular formula is C7H15N3Si. The van der Waals surface area contributed by atoms with E-state index in [9.17, 15) is 0 Å². The molecule has 0 saturated carbocycles. The van der Waals surface area contributed by atoms with Crippen molar-refractivity contribution in [2.45, 2.75) is 12.8 Å². The van der Waals surface area contributed by atoms with E-state index in [0.29, 0.717) is 6.42 Å². The molecule has 0 aliphatic carbocycles. The lowest BCUT2D eigenvalue weighted by molar-refractivity contribution is 0.153. The lowest BCUT2D eigenvalue weighted by Gasteiger charge is -2.32. The van der Waals surface area contributed by atoms with Gasteiger partial charge in [0.1, 0.15) is 0 Å². The van der Waals surface area contributed by atoms with Crippen LogP contribution < -0.4 is 0 Å². The van der Waals surface area contributed by atoms with Crippen LogP contribution in [0.5, 0.6) is 0 Å². The van der Waals surface area contributed by atoms with Crippen molar-refractivity contribution in [1.29, 1.82) is 5.26 Å². The average Bonchev–Trinajstić information content (AvgIpc) is 2.01. The zero-order valence-corrected chi connectivity index (χ0v) is 9.08. The molecule has 0 radical (unpaired) electrons. The highest BCUT2D eigenvalue weighted by Gasteiger charge is 2.12. The Hall–Kier alpha value is -0.373. The Morgan fingerprint density at radius 2 is 2.27 bits per heavy atom. The zero-order valence-electron chi connectivity index (χ0n) is 7.08. The van der Waals surface area contributed by atoms with Crippen LogP contribution >= 0.6 is 0 Å². The van der Waals surface area contributed by atoms with Crippen LogP contribution in [0.25, 0.3) is 0 Å². The SMILES string of the molecule is N#CCCN1CCCN([SiH3])C1. The highest BCUT2D eigenvalue weighted by atomic mass is 28.2. The summed E-state index contributed by atoms with van der Waals surface area (Å²) in [4.78, 5) is 2.36. The zero-order chi connectivity index (χ0) is 8.10. The van der Waals surface area contributed by atoms with E-state index in [1.54, 1.807) is 0 Å². The Morgan fingerprint density at radius 3 is 2.91 bits per heavy atom. The first-order valence-electron chi connectivity index (χ1n) is 4.11. The fourth-order valence-corrected chi connectivity index (χ4v) is 2.15. The predicted octanol–water partition coefficient (Wildman–Crippen LogP) is -0.854. The molecule has 0 amide bonds.